The summed E-state index contributed by atoms with van der Waals surface area (Å²) in [4.78, 5) is 32.3. The lowest BCUT2D eigenvalue weighted by Crippen LogP contribution is -2.37. The van der Waals surface area contributed by atoms with Crippen molar-refractivity contribution in [3.05, 3.63) is 52.9 Å². The van der Waals surface area contributed by atoms with Crippen molar-refractivity contribution in [2.45, 2.75) is 26.3 Å². The number of amides is 1. The highest BCUT2D eigenvalue weighted by Gasteiger charge is 2.21. The molecule has 8 nitrogen and oxygen atoms in total. The normalized spacial score (nSPS) is 14.4. The molecule has 0 bridgehead atoms. The van der Waals surface area contributed by atoms with Crippen LogP contribution in [0.5, 0.6) is 11.5 Å². The molecule has 2 heterocycles. The summed E-state index contributed by atoms with van der Waals surface area (Å²) in [5.41, 5.74) is 0.783. The fraction of sp³-hybridized carbons (Fsp3) is 0.375. The molecule has 168 valence electrons. The third-order valence-electron chi connectivity index (χ3n) is 5.89. The first kappa shape index (κ1) is 21.7. The fourth-order valence-corrected chi connectivity index (χ4v) is 4.05. The van der Waals surface area contributed by atoms with Crippen LogP contribution in [0, 0.1) is 5.92 Å². The van der Waals surface area contributed by atoms with Gasteiger partial charge >= 0.3 is 5.69 Å². The van der Waals surface area contributed by atoms with Gasteiger partial charge in [0.25, 0.3) is 0 Å². The predicted octanol–water partition coefficient (Wildman–Crippen LogP) is 3.29. The minimum atomic E-state index is -0.435. The molecule has 3 aromatic rings. The number of ether oxygens (including phenoxy) is 2. The van der Waals surface area contributed by atoms with E-state index in [1.807, 2.05) is 24.3 Å². The van der Waals surface area contributed by atoms with Gasteiger partial charge in [-0.15, -0.1) is 0 Å². The van der Waals surface area contributed by atoms with Crippen LogP contribution in [0.15, 0.2) is 47.3 Å². The molecule has 1 amide bonds. The molecule has 32 heavy (non-hydrogen) atoms. The maximum Gasteiger partial charge on any atom is 0.350 e. The van der Waals surface area contributed by atoms with Crippen molar-refractivity contribution in [1.82, 2.24) is 9.55 Å². The van der Waals surface area contributed by atoms with Gasteiger partial charge in [0.1, 0.15) is 23.9 Å². The SMILES string of the molecule is COc1cc(NC(=O)Cn2c(=O)nc(N3CCC(C)CC3)c3ccccc32)cc(OC)c1. The van der Waals surface area contributed by atoms with Gasteiger partial charge in [-0.3, -0.25) is 9.36 Å². The van der Waals surface area contributed by atoms with Crippen LogP contribution in [0.25, 0.3) is 10.9 Å². The molecule has 8 heteroatoms. The standard InChI is InChI=1S/C24H28N4O4/c1-16-8-10-27(11-9-16)23-20-6-4-5-7-21(20)28(24(30)26-23)15-22(29)25-17-12-18(31-2)14-19(13-17)32-3/h4-7,12-14,16H,8-11,15H2,1-3H3,(H,25,29). The fourth-order valence-electron chi connectivity index (χ4n) is 4.05. The zero-order valence-electron chi connectivity index (χ0n) is 18.6. The molecular formula is C24H28N4O4. The van der Waals surface area contributed by atoms with Crippen molar-refractivity contribution >= 4 is 28.3 Å². The molecular weight excluding hydrogens is 408 g/mol. The van der Waals surface area contributed by atoms with Gasteiger partial charge in [-0.25, -0.2) is 4.79 Å². The smallest absolute Gasteiger partial charge is 0.350 e. The quantitative estimate of drug-likeness (QED) is 0.638. The first-order valence-electron chi connectivity index (χ1n) is 10.8. The van der Waals surface area contributed by atoms with E-state index in [-0.39, 0.29) is 12.5 Å². The van der Waals surface area contributed by atoms with Crippen LogP contribution in [0.4, 0.5) is 11.5 Å². The van der Waals surface area contributed by atoms with Crippen molar-refractivity contribution in [3.8, 4) is 11.5 Å². The van der Waals surface area contributed by atoms with Crippen LogP contribution in [0.3, 0.4) is 0 Å². The van der Waals surface area contributed by atoms with Gasteiger partial charge in [-0.2, -0.15) is 4.98 Å². The van der Waals surface area contributed by atoms with E-state index in [1.165, 1.54) is 4.57 Å². The zero-order valence-corrected chi connectivity index (χ0v) is 18.6. The Bertz CT molecular complexity index is 1160. The average Bonchev–Trinajstić information content (AvgIpc) is 2.81. The maximum atomic E-state index is 13.0. The Balaban J connectivity index is 1.63. The molecule has 2 aromatic carbocycles. The van der Waals surface area contributed by atoms with Gasteiger partial charge in [-0.05, 0) is 30.9 Å². The number of carbonyl (C=O) groups is 1. The number of aromatic nitrogens is 2. The second-order valence-electron chi connectivity index (χ2n) is 8.14. The van der Waals surface area contributed by atoms with Crippen molar-refractivity contribution < 1.29 is 14.3 Å². The molecule has 0 saturated carbocycles. The topological polar surface area (TPSA) is 85.7 Å². The third-order valence-corrected chi connectivity index (χ3v) is 5.89. The van der Waals surface area contributed by atoms with E-state index < -0.39 is 5.69 Å². The molecule has 1 fully saturated rings. The highest BCUT2D eigenvalue weighted by molar-refractivity contribution is 5.94. The number of carbonyl (C=O) groups excluding carboxylic acids is 1. The molecule has 0 atom stereocenters. The number of fused-ring (bicyclic) bond motifs is 1. The summed E-state index contributed by atoms with van der Waals surface area (Å²) >= 11 is 0. The van der Waals surface area contributed by atoms with E-state index in [4.69, 9.17) is 9.47 Å². The van der Waals surface area contributed by atoms with Crippen molar-refractivity contribution in [3.63, 3.8) is 0 Å². The van der Waals surface area contributed by atoms with E-state index in [1.54, 1.807) is 32.4 Å². The zero-order chi connectivity index (χ0) is 22.7. The van der Waals surface area contributed by atoms with E-state index in [2.05, 4.69) is 22.1 Å². The monoisotopic (exact) mass is 436 g/mol. The summed E-state index contributed by atoms with van der Waals surface area (Å²) in [5, 5.41) is 3.69. The number of rotatable bonds is 6. The Labute approximate surface area is 186 Å². The predicted molar refractivity (Wildman–Crippen MR) is 125 cm³/mol. The Kier molecular flexibility index (Phi) is 6.30. The number of nitrogens with one attached hydrogen (secondary N) is 1. The van der Waals surface area contributed by atoms with Gasteiger partial charge in [0.15, 0.2) is 0 Å². The van der Waals surface area contributed by atoms with E-state index in [0.29, 0.717) is 34.4 Å². The Morgan fingerprint density at radius 2 is 1.75 bits per heavy atom. The molecule has 1 aromatic heterocycles. The van der Waals surface area contributed by atoms with E-state index >= 15 is 0 Å². The Morgan fingerprint density at radius 3 is 2.41 bits per heavy atom. The highest BCUT2D eigenvalue weighted by atomic mass is 16.5. The summed E-state index contributed by atoms with van der Waals surface area (Å²) in [6, 6.07) is 12.7. The molecule has 0 aliphatic carbocycles. The molecule has 1 saturated heterocycles. The summed E-state index contributed by atoms with van der Waals surface area (Å²) in [6.45, 7) is 3.85. The number of nitrogens with zero attached hydrogens (tertiary/aromatic N) is 3. The van der Waals surface area contributed by atoms with Gasteiger partial charge in [-0.1, -0.05) is 19.1 Å². The minimum absolute atomic E-state index is 0.150. The van der Waals surface area contributed by atoms with Crippen molar-refractivity contribution in [2.24, 2.45) is 5.92 Å². The summed E-state index contributed by atoms with van der Waals surface area (Å²) in [6.07, 6.45) is 2.15. The number of piperidine rings is 1. The van der Waals surface area contributed by atoms with Gasteiger partial charge in [0.05, 0.1) is 19.7 Å². The number of methoxy groups -OCH3 is 2. The van der Waals surface area contributed by atoms with Crippen LogP contribution in [-0.4, -0.2) is 42.8 Å². The van der Waals surface area contributed by atoms with Crippen molar-refractivity contribution in [1.29, 1.82) is 0 Å². The number of hydrogen-bond donors (Lipinski definition) is 1. The summed E-state index contributed by atoms with van der Waals surface area (Å²) in [7, 11) is 3.09. The van der Waals surface area contributed by atoms with Gasteiger partial charge in [0.2, 0.25) is 5.91 Å². The van der Waals surface area contributed by atoms with Crippen molar-refractivity contribution in [2.75, 3.05) is 37.5 Å². The third kappa shape index (κ3) is 4.54. The molecule has 1 aliphatic heterocycles. The highest BCUT2D eigenvalue weighted by Crippen LogP contribution is 2.28. The average molecular weight is 437 g/mol. The number of hydrogen-bond acceptors (Lipinski definition) is 6. The first-order valence-corrected chi connectivity index (χ1v) is 10.8. The lowest BCUT2D eigenvalue weighted by Gasteiger charge is -2.32. The lowest BCUT2D eigenvalue weighted by molar-refractivity contribution is -0.116. The van der Waals surface area contributed by atoms with Crippen LogP contribution in [-0.2, 0) is 11.3 Å². The van der Waals surface area contributed by atoms with E-state index in [9.17, 15) is 9.59 Å². The molecule has 1 aliphatic rings. The minimum Gasteiger partial charge on any atom is -0.497 e. The van der Waals surface area contributed by atoms with Crippen LogP contribution in [0.2, 0.25) is 0 Å². The van der Waals surface area contributed by atoms with Crippen LogP contribution in [0.1, 0.15) is 19.8 Å². The second-order valence-corrected chi connectivity index (χ2v) is 8.14. The van der Waals surface area contributed by atoms with E-state index in [0.717, 1.165) is 31.3 Å². The second kappa shape index (κ2) is 9.30. The maximum absolute atomic E-state index is 13.0. The molecule has 0 spiro atoms. The first-order chi connectivity index (χ1) is 15.5. The molecule has 0 radical (unpaired) electrons. The Hall–Kier alpha value is -3.55. The van der Waals surface area contributed by atoms with Crippen LogP contribution >= 0.6 is 0 Å². The largest absolute Gasteiger partial charge is 0.497 e. The molecule has 4 rings (SSSR count). The Morgan fingerprint density at radius 1 is 1.09 bits per heavy atom. The lowest BCUT2D eigenvalue weighted by atomic mass is 9.99. The van der Waals surface area contributed by atoms with Gasteiger partial charge < -0.3 is 19.7 Å². The molecule has 0 unspecified atom stereocenters. The summed E-state index contributed by atoms with van der Waals surface area (Å²) in [5.74, 6) is 2.16. The number of benzene rings is 2. The molecule has 1 N–H and O–H groups in total. The number of para-hydroxylation sites is 1. The van der Waals surface area contributed by atoms with Crippen LogP contribution < -0.4 is 25.4 Å². The summed E-state index contributed by atoms with van der Waals surface area (Å²) < 4.78 is 11.9. The number of anilines is 2. The van der Waals surface area contributed by atoms with Gasteiger partial charge in [0, 0.05) is 42.4 Å².